The van der Waals surface area contributed by atoms with Gasteiger partial charge in [-0.3, -0.25) is 4.79 Å². The predicted octanol–water partition coefficient (Wildman–Crippen LogP) is 4.56. The Labute approximate surface area is 176 Å². The van der Waals surface area contributed by atoms with Crippen LogP contribution in [0.3, 0.4) is 0 Å². The van der Waals surface area contributed by atoms with E-state index in [2.05, 4.69) is 11.9 Å². The van der Waals surface area contributed by atoms with Crippen molar-refractivity contribution in [1.82, 2.24) is 5.32 Å². The van der Waals surface area contributed by atoms with Gasteiger partial charge in [-0.25, -0.2) is 4.79 Å². The van der Waals surface area contributed by atoms with Crippen LogP contribution in [0.15, 0.2) is 104 Å². The standard InChI is InChI=1S/C26H25NO3/c1-2-12-23(25(29)30)27-24(28)19-26(20-13-6-3-7-14-20,21-15-8-4-9-16-21)22-17-10-5-11-18-22/h2-11,13-18,23H,1,12,19H2,(H,27,28)(H,29,30)/t23-/m0/s1. The van der Waals surface area contributed by atoms with Crippen molar-refractivity contribution in [3.05, 3.63) is 120 Å². The lowest BCUT2D eigenvalue weighted by Crippen LogP contribution is -2.44. The maximum atomic E-state index is 13.2. The fraction of sp³-hybridized carbons (Fsp3) is 0.154. The zero-order valence-electron chi connectivity index (χ0n) is 16.7. The molecule has 0 saturated carbocycles. The van der Waals surface area contributed by atoms with E-state index in [0.29, 0.717) is 0 Å². The number of hydrogen-bond donors (Lipinski definition) is 2. The molecular formula is C26H25NO3. The number of hydrogen-bond acceptors (Lipinski definition) is 2. The van der Waals surface area contributed by atoms with Crippen molar-refractivity contribution in [2.24, 2.45) is 0 Å². The molecule has 30 heavy (non-hydrogen) atoms. The molecule has 0 aliphatic rings. The van der Waals surface area contributed by atoms with Crippen LogP contribution in [0.25, 0.3) is 0 Å². The van der Waals surface area contributed by atoms with Gasteiger partial charge in [0.25, 0.3) is 0 Å². The second-order valence-corrected chi connectivity index (χ2v) is 7.16. The summed E-state index contributed by atoms with van der Waals surface area (Å²) >= 11 is 0. The molecule has 1 amide bonds. The highest BCUT2D eigenvalue weighted by Crippen LogP contribution is 2.42. The van der Waals surface area contributed by atoms with E-state index in [1.54, 1.807) is 0 Å². The Kier molecular flexibility index (Phi) is 6.81. The van der Waals surface area contributed by atoms with E-state index < -0.39 is 17.4 Å². The van der Waals surface area contributed by atoms with Gasteiger partial charge in [0, 0.05) is 6.42 Å². The topological polar surface area (TPSA) is 66.4 Å². The molecule has 0 aliphatic heterocycles. The Morgan fingerprint density at radius 1 is 0.833 bits per heavy atom. The van der Waals surface area contributed by atoms with Gasteiger partial charge in [-0.05, 0) is 23.1 Å². The van der Waals surface area contributed by atoms with Crippen molar-refractivity contribution in [3.63, 3.8) is 0 Å². The highest BCUT2D eigenvalue weighted by molar-refractivity contribution is 5.85. The van der Waals surface area contributed by atoms with Crippen molar-refractivity contribution in [3.8, 4) is 0 Å². The summed E-state index contributed by atoms with van der Waals surface area (Å²) < 4.78 is 0. The number of aliphatic carboxylic acids is 1. The Morgan fingerprint density at radius 2 is 1.23 bits per heavy atom. The number of carboxylic acid groups (broad SMARTS) is 1. The van der Waals surface area contributed by atoms with Crippen molar-refractivity contribution >= 4 is 11.9 Å². The van der Waals surface area contributed by atoms with Crippen LogP contribution in [-0.2, 0) is 15.0 Å². The third-order valence-corrected chi connectivity index (χ3v) is 5.26. The molecule has 0 aromatic heterocycles. The minimum absolute atomic E-state index is 0.0754. The molecule has 0 saturated heterocycles. The highest BCUT2D eigenvalue weighted by atomic mass is 16.4. The van der Waals surface area contributed by atoms with Crippen molar-refractivity contribution in [2.75, 3.05) is 0 Å². The van der Waals surface area contributed by atoms with Crippen LogP contribution in [0, 0.1) is 0 Å². The fourth-order valence-corrected chi connectivity index (χ4v) is 3.85. The van der Waals surface area contributed by atoms with E-state index in [0.717, 1.165) is 16.7 Å². The summed E-state index contributed by atoms with van der Waals surface area (Å²) in [6.45, 7) is 3.59. The SMILES string of the molecule is C=CC[C@H](NC(=O)CC(c1ccccc1)(c1ccccc1)c1ccccc1)C(=O)O. The van der Waals surface area contributed by atoms with Gasteiger partial charge in [-0.2, -0.15) is 0 Å². The molecule has 0 bridgehead atoms. The summed E-state index contributed by atoms with van der Waals surface area (Å²) in [6, 6.07) is 28.5. The fourth-order valence-electron chi connectivity index (χ4n) is 3.85. The van der Waals surface area contributed by atoms with E-state index in [-0.39, 0.29) is 18.7 Å². The summed E-state index contributed by atoms with van der Waals surface area (Å²) in [6.07, 6.45) is 1.74. The van der Waals surface area contributed by atoms with Gasteiger partial charge < -0.3 is 10.4 Å². The van der Waals surface area contributed by atoms with Crippen LogP contribution in [0.5, 0.6) is 0 Å². The molecule has 3 aromatic rings. The summed E-state index contributed by atoms with van der Waals surface area (Å²) in [4.78, 5) is 24.7. The zero-order chi connectivity index (χ0) is 21.4. The number of carboxylic acids is 1. The van der Waals surface area contributed by atoms with Crippen LogP contribution < -0.4 is 5.32 Å². The first-order valence-electron chi connectivity index (χ1n) is 9.87. The lowest BCUT2D eigenvalue weighted by Gasteiger charge is -2.36. The summed E-state index contributed by atoms with van der Waals surface area (Å²) in [5.74, 6) is -1.41. The first-order valence-corrected chi connectivity index (χ1v) is 9.87. The van der Waals surface area contributed by atoms with Gasteiger partial charge in [0.15, 0.2) is 0 Å². The largest absolute Gasteiger partial charge is 0.480 e. The molecule has 4 nitrogen and oxygen atoms in total. The number of carbonyl (C=O) groups is 2. The van der Waals surface area contributed by atoms with Gasteiger partial charge in [0.2, 0.25) is 5.91 Å². The summed E-state index contributed by atoms with van der Waals surface area (Å²) in [7, 11) is 0. The first-order chi connectivity index (χ1) is 14.6. The molecule has 1 atom stereocenters. The third kappa shape index (κ3) is 4.49. The van der Waals surface area contributed by atoms with Gasteiger partial charge in [0.1, 0.15) is 6.04 Å². The molecule has 3 aromatic carbocycles. The lowest BCUT2D eigenvalue weighted by molar-refractivity contribution is -0.141. The molecule has 4 heteroatoms. The van der Waals surface area contributed by atoms with Crippen molar-refractivity contribution in [1.29, 1.82) is 0 Å². The van der Waals surface area contributed by atoms with Crippen LogP contribution in [-0.4, -0.2) is 23.0 Å². The molecule has 2 N–H and O–H groups in total. The first kappa shape index (κ1) is 21.1. The number of rotatable bonds is 9. The Morgan fingerprint density at radius 3 is 1.57 bits per heavy atom. The normalized spacial score (nSPS) is 12.0. The van der Waals surface area contributed by atoms with Crippen molar-refractivity contribution < 1.29 is 14.7 Å². The van der Waals surface area contributed by atoms with E-state index in [1.807, 2.05) is 91.0 Å². The molecule has 0 fully saturated rings. The summed E-state index contributed by atoms with van der Waals surface area (Å²) in [5.41, 5.74) is 2.14. The number of amides is 1. The molecule has 0 aliphatic carbocycles. The summed E-state index contributed by atoms with van der Waals surface area (Å²) in [5, 5.41) is 12.1. The minimum Gasteiger partial charge on any atom is -0.480 e. The second-order valence-electron chi connectivity index (χ2n) is 7.16. The molecule has 0 spiro atoms. The van der Waals surface area contributed by atoms with E-state index in [4.69, 9.17) is 0 Å². The molecule has 152 valence electrons. The lowest BCUT2D eigenvalue weighted by atomic mass is 9.67. The van der Waals surface area contributed by atoms with Crippen molar-refractivity contribution in [2.45, 2.75) is 24.3 Å². The van der Waals surface area contributed by atoms with E-state index >= 15 is 0 Å². The predicted molar refractivity (Wildman–Crippen MR) is 118 cm³/mol. The molecule has 3 rings (SSSR count). The molecule has 0 unspecified atom stereocenters. The number of carbonyl (C=O) groups excluding carboxylic acids is 1. The maximum Gasteiger partial charge on any atom is 0.326 e. The van der Waals surface area contributed by atoms with E-state index in [1.165, 1.54) is 6.08 Å². The quantitative estimate of drug-likeness (QED) is 0.410. The number of benzene rings is 3. The smallest absolute Gasteiger partial charge is 0.326 e. The van der Waals surface area contributed by atoms with Crippen LogP contribution in [0.1, 0.15) is 29.5 Å². The Hall–Kier alpha value is -3.66. The maximum absolute atomic E-state index is 13.2. The Balaban J connectivity index is 2.13. The van der Waals surface area contributed by atoms with Gasteiger partial charge in [-0.1, -0.05) is 97.1 Å². The molecule has 0 heterocycles. The van der Waals surface area contributed by atoms with Crippen LogP contribution in [0.4, 0.5) is 0 Å². The van der Waals surface area contributed by atoms with E-state index in [9.17, 15) is 14.7 Å². The second kappa shape index (κ2) is 9.70. The average molecular weight is 399 g/mol. The van der Waals surface area contributed by atoms with Gasteiger partial charge in [0.05, 0.1) is 5.41 Å². The zero-order valence-corrected chi connectivity index (χ0v) is 16.7. The molecule has 0 radical (unpaired) electrons. The van der Waals surface area contributed by atoms with Gasteiger partial charge in [-0.15, -0.1) is 6.58 Å². The molecular weight excluding hydrogens is 374 g/mol. The highest BCUT2D eigenvalue weighted by Gasteiger charge is 2.39. The monoisotopic (exact) mass is 399 g/mol. The van der Waals surface area contributed by atoms with Crippen LogP contribution >= 0.6 is 0 Å². The van der Waals surface area contributed by atoms with Crippen LogP contribution in [0.2, 0.25) is 0 Å². The third-order valence-electron chi connectivity index (χ3n) is 5.26. The average Bonchev–Trinajstić information content (AvgIpc) is 2.79. The Bertz CT molecular complexity index is 888. The number of nitrogens with one attached hydrogen (secondary N) is 1. The minimum atomic E-state index is -1.08. The van der Waals surface area contributed by atoms with Gasteiger partial charge >= 0.3 is 5.97 Å².